The molecule has 1 saturated heterocycles. The number of benzene rings is 1. The van der Waals surface area contributed by atoms with Gasteiger partial charge in [-0.25, -0.2) is 24.2 Å². The lowest BCUT2D eigenvalue weighted by molar-refractivity contribution is -0.109. The van der Waals surface area contributed by atoms with E-state index in [4.69, 9.17) is 4.98 Å². The predicted octanol–water partition coefficient (Wildman–Crippen LogP) is 4.62. The maximum absolute atomic E-state index is 12.8. The number of aromatic nitrogens is 4. The van der Waals surface area contributed by atoms with E-state index in [0.29, 0.717) is 6.41 Å². The molecular formula is C29H35F2N9OS. The Hall–Kier alpha value is -3.94. The van der Waals surface area contributed by atoms with Gasteiger partial charge >= 0.3 is 0 Å². The van der Waals surface area contributed by atoms with Crippen LogP contribution in [0.3, 0.4) is 0 Å². The molecule has 1 fully saturated rings. The van der Waals surface area contributed by atoms with Gasteiger partial charge in [-0.1, -0.05) is 18.6 Å². The highest BCUT2D eigenvalue weighted by atomic mass is 32.1. The molecule has 0 aliphatic carbocycles. The highest BCUT2D eigenvalue weighted by Gasteiger charge is 2.19. The van der Waals surface area contributed by atoms with Crippen molar-refractivity contribution in [2.75, 3.05) is 31.5 Å². The van der Waals surface area contributed by atoms with Gasteiger partial charge in [-0.05, 0) is 63.4 Å². The number of likely N-dealkylation sites (tertiary alicyclic amines) is 1. The van der Waals surface area contributed by atoms with Crippen molar-refractivity contribution in [1.29, 1.82) is 0 Å². The molecule has 0 bridgehead atoms. The smallest absolute Gasteiger partial charge is 0.207 e. The van der Waals surface area contributed by atoms with Crippen LogP contribution < -0.4 is 16.1 Å². The molecule has 6 rings (SSSR count). The van der Waals surface area contributed by atoms with Crippen molar-refractivity contribution >= 4 is 40.0 Å². The molecule has 5 heterocycles. The van der Waals surface area contributed by atoms with Crippen LogP contribution in [-0.2, 0) is 17.9 Å². The van der Waals surface area contributed by atoms with Gasteiger partial charge < -0.3 is 15.6 Å². The molecule has 222 valence electrons. The van der Waals surface area contributed by atoms with Crippen molar-refractivity contribution in [3.63, 3.8) is 0 Å². The molecule has 10 nitrogen and oxygen atoms in total. The number of hydrogen-bond donors (Lipinski definition) is 3. The molecule has 1 amide bonds. The fourth-order valence-electron chi connectivity index (χ4n) is 5.00. The van der Waals surface area contributed by atoms with Crippen LogP contribution in [0.1, 0.15) is 48.8 Å². The third-order valence-corrected chi connectivity index (χ3v) is 7.85. The third kappa shape index (κ3) is 7.09. The van der Waals surface area contributed by atoms with Crippen molar-refractivity contribution in [3.05, 3.63) is 77.1 Å². The Bertz CT molecular complexity index is 1550. The number of imidazole rings is 1. The van der Waals surface area contributed by atoms with E-state index in [1.54, 1.807) is 0 Å². The van der Waals surface area contributed by atoms with E-state index in [-0.39, 0.29) is 12.1 Å². The molecule has 4 aromatic rings. The summed E-state index contributed by atoms with van der Waals surface area (Å²) < 4.78 is 32.1. The van der Waals surface area contributed by atoms with Gasteiger partial charge in [0.15, 0.2) is 23.1 Å². The van der Waals surface area contributed by atoms with Crippen LogP contribution in [0.15, 0.2) is 42.9 Å². The number of carbonyl (C=O) groups excluding carboxylic acids is 1. The second-order valence-electron chi connectivity index (χ2n) is 10.2. The maximum atomic E-state index is 12.8. The van der Waals surface area contributed by atoms with Crippen molar-refractivity contribution in [2.45, 2.75) is 46.2 Å². The standard InChI is InChI=1S/C21H28N8S.C8H7F2NO/c1-3-28-13-16(10-23-28)18-11-22-21-20(24-15(2)12-29(18)21)25-19-9-17(26-30-19)14-27-7-5-4-6-8-27;9-7-3-1-2-6(8(7)10)4-11-5-12/h9,11-13,23H,3-8,10,14H2,1-2H3,(H,24,25);1-3,5H,4H2,(H,11,12). The summed E-state index contributed by atoms with van der Waals surface area (Å²) in [5.74, 6) is -1.04. The van der Waals surface area contributed by atoms with Crippen LogP contribution >= 0.6 is 11.5 Å². The predicted molar refractivity (Wildman–Crippen MR) is 160 cm³/mol. The third-order valence-electron chi connectivity index (χ3n) is 7.11. The largest absolute Gasteiger partial charge is 0.354 e. The van der Waals surface area contributed by atoms with Crippen LogP contribution in [0.25, 0.3) is 11.2 Å². The minimum atomic E-state index is -0.910. The number of hydrogen-bond acceptors (Lipinski definition) is 9. The fraction of sp³-hybridized carbons (Fsp3) is 0.379. The first-order valence-corrected chi connectivity index (χ1v) is 14.8. The van der Waals surface area contributed by atoms with Crippen LogP contribution in [0.4, 0.5) is 19.6 Å². The molecule has 0 radical (unpaired) electrons. The molecule has 1 aromatic carbocycles. The number of aryl methyl sites for hydroxylation is 1. The Morgan fingerprint density at radius 3 is 2.79 bits per heavy atom. The van der Waals surface area contributed by atoms with Gasteiger partial charge in [0.2, 0.25) is 6.41 Å². The lowest BCUT2D eigenvalue weighted by Gasteiger charge is -2.25. The number of anilines is 2. The molecular weight excluding hydrogens is 560 g/mol. The zero-order valence-corrected chi connectivity index (χ0v) is 24.6. The highest BCUT2D eigenvalue weighted by Crippen LogP contribution is 2.27. The summed E-state index contributed by atoms with van der Waals surface area (Å²) in [6.07, 6.45) is 10.5. The number of hydrazine groups is 1. The second-order valence-corrected chi connectivity index (χ2v) is 11.0. The number of amides is 1. The van der Waals surface area contributed by atoms with Crippen LogP contribution in [0.2, 0.25) is 0 Å². The summed E-state index contributed by atoms with van der Waals surface area (Å²) >= 11 is 1.49. The zero-order chi connectivity index (χ0) is 29.5. The fourth-order valence-corrected chi connectivity index (χ4v) is 5.66. The summed E-state index contributed by atoms with van der Waals surface area (Å²) in [7, 11) is 0. The van der Waals surface area contributed by atoms with E-state index in [2.05, 4.69) is 58.9 Å². The molecule has 0 unspecified atom stereocenters. The van der Waals surface area contributed by atoms with Crippen molar-refractivity contribution in [3.8, 4) is 0 Å². The highest BCUT2D eigenvalue weighted by molar-refractivity contribution is 7.10. The van der Waals surface area contributed by atoms with E-state index in [1.165, 1.54) is 61.6 Å². The Kier molecular flexibility index (Phi) is 9.72. The molecule has 0 saturated carbocycles. The summed E-state index contributed by atoms with van der Waals surface area (Å²) in [5, 5.41) is 8.82. The molecule has 3 N–H and O–H groups in total. The van der Waals surface area contributed by atoms with Crippen molar-refractivity contribution < 1.29 is 13.6 Å². The topological polar surface area (TPSA) is 103 Å². The van der Waals surface area contributed by atoms with Gasteiger partial charge in [-0.15, -0.1) is 0 Å². The van der Waals surface area contributed by atoms with E-state index < -0.39 is 11.6 Å². The van der Waals surface area contributed by atoms with Gasteiger partial charge in [0.05, 0.1) is 23.3 Å². The molecule has 2 aliphatic heterocycles. The Morgan fingerprint density at radius 2 is 2.02 bits per heavy atom. The Balaban J connectivity index is 0.000000248. The van der Waals surface area contributed by atoms with E-state index in [1.807, 2.05) is 19.3 Å². The maximum Gasteiger partial charge on any atom is 0.207 e. The number of rotatable bonds is 9. The first kappa shape index (κ1) is 29.5. The summed E-state index contributed by atoms with van der Waals surface area (Å²) in [6, 6.07) is 5.97. The van der Waals surface area contributed by atoms with E-state index >= 15 is 0 Å². The molecule has 2 aliphatic rings. The van der Waals surface area contributed by atoms with E-state index in [9.17, 15) is 13.6 Å². The zero-order valence-electron chi connectivity index (χ0n) is 23.7. The SMILES string of the molecule is CCN1C=C(c2cnc3c(Nc4cc(CN5CCCCC5)ns4)nc(C)cn23)CN1.O=CNCc1cccc(F)c1F. The molecule has 3 aromatic heterocycles. The Morgan fingerprint density at radius 1 is 1.19 bits per heavy atom. The lowest BCUT2D eigenvalue weighted by Crippen LogP contribution is -2.29. The molecule has 42 heavy (non-hydrogen) atoms. The minimum absolute atomic E-state index is 0.00704. The van der Waals surface area contributed by atoms with E-state index in [0.717, 1.165) is 59.2 Å². The number of halogens is 2. The van der Waals surface area contributed by atoms with Crippen LogP contribution in [-0.4, -0.2) is 61.2 Å². The average Bonchev–Trinajstić information content (AvgIpc) is 3.75. The summed E-state index contributed by atoms with van der Waals surface area (Å²) in [4.78, 5) is 21.7. The Labute approximate surface area is 247 Å². The van der Waals surface area contributed by atoms with Crippen LogP contribution in [0, 0.1) is 18.6 Å². The summed E-state index contributed by atoms with van der Waals surface area (Å²) in [6.45, 7) is 9.17. The molecule has 0 atom stereocenters. The molecule has 13 heteroatoms. The van der Waals surface area contributed by atoms with Crippen molar-refractivity contribution in [1.82, 2.24) is 39.4 Å². The molecule has 0 spiro atoms. The minimum Gasteiger partial charge on any atom is -0.354 e. The second kappa shape index (κ2) is 13.8. The quantitative estimate of drug-likeness (QED) is 0.241. The number of nitrogens with zero attached hydrogens (tertiary/aromatic N) is 6. The van der Waals surface area contributed by atoms with Crippen molar-refractivity contribution in [2.24, 2.45) is 0 Å². The number of fused-ring (bicyclic) bond motifs is 1. The van der Waals surface area contributed by atoms with Gasteiger partial charge in [0.1, 0.15) is 5.00 Å². The lowest BCUT2D eigenvalue weighted by atomic mass is 10.1. The first-order chi connectivity index (χ1) is 20.4. The normalized spacial score (nSPS) is 15.3. The summed E-state index contributed by atoms with van der Waals surface area (Å²) in [5.41, 5.74) is 8.73. The monoisotopic (exact) mass is 595 g/mol. The average molecular weight is 596 g/mol. The van der Waals surface area contributed by atoms with Crippen LogP contribution in [0.5, 0.6) is 0 Å². The van der Waals surface area contributed by atoms with Gasteiger partial charge in [0.25, 0.3) is 0 Å². The van der Waals surface area contributed by atoms with Gasteiger partial charge in [0, 0.05) is 49.7 Å². The number of nitrogens with one attached hydrogen (secondary N) is 3. The van der Waals surface area contributed by atoms with Gasteiger partial charge in [-0.3, -0.25) is 14.1 Å². The number of carbonyl (C=O) groups is 1. The van der Waals surface area contributed by atoms with Gasteiger partial charge in [-0.2, -0.15) is 4.37 Å². The first-order valence-electron chi connectivity index (χ1n) is 14.1. The number of piperidine rings is 1.